The van der Waals surface area contributed by atoms with E-state index in [2.05, 4.69) is 50.1 Å². The van der Waals surface area contributed by atoms with Crippen LogP contribution < -0.4 is 0 Å². The summed E-state index contributed by atoms with van der Waals surface area (Å²) in [6, 6.07) is 9.20. The first-order chi connectivity index (χ1) is 7.65. The standard InChI is InChI=1S/C15H23N/c1-12(2)7-8-13-5-4-6-14(9-13)15-10-16(3)11-15/h4-6,9,12,15H,7-8,10-11H2,1-3H3. The second-order valence-electron chi connectivity index (χ2n) is 5.60. The van der Waals surface area contributed by atoms with Gasteiger partial charge in [0.25, 0.3) is 0 Å². The molecule has 0 radical (unpaired) electrons. The molecule has 2 rings (SSSR count). The topological polar surface area (TPSA) is 3.24 Å². The molecule has 1 heteroatoms. The number of rotatable bonds is 4. The van der Waals surface area contributed by atoms with Crippen molar-refractivity contribution in [2.75, 3.05) is 20.1 Å². The van der Waals surface area contributed by atoms with Gasteiger partial charge in [-0.15, -0.1) is 0 Å². The van der Waals surface area contributed by atoms with Gasteiger partial charge >= 0.3 is 0 Å². The highest BCUT2D eigenvalue weighted by atomic mass is 15.2. The predicted octanol–water partition coefficient (Wildman–Crippen LogP) is 3.30. The van der Waals surface area contributed by atoms with Crippen molar-refractivity contribution in [3.63, 3.8) is 0 Å². The Bertz CT molecular complexity index is 337. The number of benzene rings is 1. The predicted molar refractivity (Wildman–Crippen MR) is 69.8 cm³/mol. The Morgan fingerprint density at radius 2 is 2.06 bits per heavy atom. The van der Waals surface area contributed by atoms with E-state index in [0.29, 0.717) is 0 Å². The quantitative estimate of drug-likeness (QED) is 0.748. The number of likely N-dealkylation sites (N-methyl/N-ethyl adjacent to an activating group) is 1. The fraction of sp³-hybridized carbons (Fsp3) is 0.600. The summed E-state index contributed by atoms with van der Waals surface area (Å²) in [4.78, 5) is 2.38. The fourth-order valence-electron chi connectivity index (χ4n) is 2.37. The number of aryl methyl sites for hydroxylation is 1. The minimum atomic E-state index is 0.781. The summed E-state index contributed by atoms with van der Waals surface area (Å²) >= 11 is 0. The summed E-state index contributed by atoms with van der Waals surface area (Å²) in [5, 5.41) is 0. The second kappa shape index (κ2) is 5.01. The van der Waals surface area contributed by atoms with Crippen LogP contribution in [0.4, 0.5) is 0 Å². The maximum absolute atomic E-state index is 2.42. The normalized spacial score (nSPS) is 17.8. The molecular weight excluding hydrogens is 194 g/mol. The van der Waals surface area contributed by atoms with Crippen LogP contribution in [0, 0.1) is 5.92 Å². The third-order valence-corrected chi connectivity index (χ3v) is 3.50. The summed E-state index contributed by atoms with van der Waals surface area (Å²) in [5.74, 6) is 1.59. The van der Waals surface area contributed by atoms with Gasteiger partial charge in [-0.25, -0.2) is 0 Å². The van der Waals surface area contributed by atoms with Gasteiger partial charge in [-0.1, -0.05) is 38.1 Å². The summed E-state index contributed by atoms with van der Waals surface area (Å²) in [7, 11) is 2.19. The van der Waals surface area contributed by atoms with Crippen molar-refractivity contribution in [3.05, 3.63) is 35.4 Å². The molecule has 0 unspecified atom stereocenters. The first-order valence-corrected chi connectivity index (χ1v) is 6.42. The zero-order valence-electron chi connectivity index (χ0n) is 10.7. The zero-order chi connectivity index (χ0) is 11.5. The van der Waals surface area contributed by atoms with E-state index in [9.17, 15) is 0 Å². The van der Waals surface area contributed by atoms with Crippen LogP contribution in [0.1, 0.15) is 37.3 Å². The lowest BCUT2D eigenvalue weighted by Gasteiger charge is -2.36. The van der Waals surface area contributed by atoms with Crippen molar-refractivity contribution in [1.82, 2.24) is 4.90 Å². The van der Waals surface area contributed by atoms with E-state index in [1.54, 1.807) is 5.56 Å². The Morgan fingerprint density at radius 1 is 1.31 bits per heavy atom. The molecule has 1 aliphatic heterocycles. The van der Waals surface area contributed by atoms with Gasteiger partial charge < -0.3 is 4.90 Å². The zero-order valence-corrected chi connectivity index (χ0v) is 10.7. The smallest absolute Gasteiger partial charge is 0.00934 e. The molecule has 16 heavy (non-hydrogen) atoms. The first kappa shape index (κ1) is 11.7. The Labute approximate surface area is 99.5 Å². The molecule has 1 aromatic carbocycles. The molecule has 1 saturated heterocycles. The van der Waals surface area contributed by atoms with Crippen molar-refractivity contribution < 1.29 is 0 Å². The molecule has 0 atom stereocenters. The maximum Gasteiger partial charge on any atom is 0.00934 e. The van der Waals surface area contributed by atoms with E-state index in [1.165, 1.54) is 31.5 Å². The highest BCUT2D eigenvalue weighted by Crippen LogP contribution is 2.26. The summed E-state index contributed by atoms with van der Waals surface area (Å²) in [6.45, 7) is 7.05. The maximum atomic E-state index is 2.42. The molecule has 1 nitrogen and oxygen atoms in total. The van der Waals surface area contributed by atoms with Gasteiger partial charge in [-0.3, -0.25) is 0 Å². The number of nitrogens with zero attached hydrogens (tertiary/aromatic N) is 1. The van der Waals surface area contributed by atoms with Crippen LogP contribution >= 0.6 is 0 Å². The van der Waals surface area contributed by atoms with Crippen molar-refractivity contribution in [2.24, 2.45) is 5.92 Å². The Morgan fingerprint density at radius 3 is 2.69 bits per heavy atom. The van der Waals surface area contributed by atoms with Gasteiger partial charge in [0.1, 0.15) is 0 Å². The van der Waals surface area contributed by atoms with Crippen LogP contribution in [0.15, 0.2) is 24.3 Å². The molecular formula is C15H23N. The van der Waals surface area contributed by atoms with Crippen LogP contribution in [0.3, 0.4) is 0 Å². The summed E-state index contributed by atoms with van der Waals surface area (Å²) < 4.78 is 0. The average molecular weight is 217 g/mol. The fourth-order valence-corrected chi connectivity index (χ4v) is 2.37. The first-order valence-electron chi connectivity index (χ1n) is 6.42. The van der Waals surface area contributed by atoms with E-state index in [4.69, 9.17) is 0 Å². The number of hydrogen-bond donors (Lipinski definition) is 0. The molecule has 1 aliphatic rings. The molecule has 0 saturated carbocycles. The van der Waals surface area contributed by atoms with Gasteiger partial charge in [0.15, 0.2) is 0 Å². The van der Waals surface area contributed by atoms with Gasteiger partial charge in [-0.2, -0.15) is 0 Å². The SMILES string of the molecule is CC(C)CCc1cccc(C2CN(C)C2)c1. The third kappa shape index (κ3) is 2.85. The average Bonchev–Trinajstić information content (AvgIpc) is 2.22. The Hall–Kier alpha value is -0.820. The van der Waals surface area contributed by atoms with Gasteiger partial charge in [0.2, 0.25) is 0 Å². The van der Waals surface area contributed by atoms with E-state index in [-0.39, 0.29) is 0 Å². The molecule has 0 bridgehead atoms. The minimum absolute atomic E-state index is 0.781. The lowest BCUT2D eigenvalue weighted by Crippen LogP contribution is -2.41. The van der Waals surface area contributed by atoms with Crippen molar-refractivity contribution in [3.8, 4) is 0 Å². The van der Waals surface area contributed by atoms with Crippen LogP contribution in [0.5, 0.6) is 0 Å². The molecule has 0 aliphatic carbocycles. The van der Waals surface area contributed by atoms with Crippen LogP contribution in [0.2, 0.25) is 0 Å². The molecule has 0 spiro atoms. The van der Waals surface area contributed by atoms with E-state index in [1.807, 2.05) is 0 Å². The van der Waals surface area contributed by atoms with E-state index >= 15 is 0 Å². The second-order valence-corrected chi connectivity index (χ2v) is 5.60. The van der Waals surface area contributed by atoms with Gasteiger partial charge in [-0.05, 0) is 36.9 Å². The minimum Gasteiger partial charge on any atom is -0.305 e. The molecule has 0 N–H and O–H groups in total. The number of likely N-dealkylation sites (tertiary alicyclic amines) is 1. The molecule has 0 aromatic heterocycles. The van der Waals surface area contributed by atoms with E-state index in [0.717, 1.165) is 11.8 Å². The Balaban J connectivity index is 1.96. The highest BCUT2D eigenvalue weighted by Gasteiger charge is 2.24. The molecule has 1 heterocycles. The molecule has 1 fully saturated rings. The molecule has 88 valence electrons. The molecule has 0 amide bonds. The summed E-state index contributed by atoms with van der Waals surface area (Å²) in [5.41, 5.74) is 3.06. The monoisotopic (exact) mass is 217 g/mol. The van der Waals surface area contributed by atoms with Crippen molar-refractivity contribution >= 4 is 0 Å². The van der Waals surface area contributed by atoms with Crippen LogP contribution in [0.25, 0.3) is 0 Å². The lowest BCUT2D eigenvalue weighted by molar-refractivity contribution is 0.189. The number of hydrogen-bond acceptors (Lipinski definition) is 1. The van der Waals surface area contributed by atoms with Crippen molar-refractivity contribution in [2.45, 2.75) is 32.6 Å². The lowest BCUT2D eigenvalue weighted by atomic mass is 9.90. The molecule has 1 aromatic rings. The highest BCUT2D eigenvalue weighted by molar-refractivity contribution is 5.28. The van der Waals surface area contributed by atoms with Gasteiger partial charge in [0, 0.05) is 19.0 Å². The summed E-state index contributed by atoms with van der Waals surface area (Å²) in [6.07, 6.45) is 2.53. The van der Waals surface area contributed by atoms with Gasteiger partial charge in [0.05, 0.1) is 0 Å². The largest absolute Gasteiger partial charge is 0.305 e. The van der Waals surface area contributed by atoms with E-state index < -0.39 is 0 Å². The third-order valence-electron chi connectivity index (χ3n) is 3.50. The van der Waals surface area contributed by atoms with Crippen molar-refractivity contribution in [1.29, 1.82) is 0 Å². The van der Waals surface area contributed by atoms with Crippen LogP contribution in [-0.4, -0.2) is 25.0 Å². The Kier molecular flexibility index (Phi) is 3.65. The van der Waals surface area contributed by atoms with Crippen LogP contribution in [-0.2, 0) is 6.42 Å².